The number of rotatable bonds is 5. The van der Waals surface area contributed by atoms with Gasteiger partial charge in [0.15, 0.2) is 0 Å². The lowest BCUT2D eigenvalue weighted by molar-refractivity contribution is -0.127. The van der Waals surface area contributed by atoms with Crippen LogP contribution < -0.4 is 9.64 Å². The fourth-order valence-corrected chi connectivity index (χ4v) is 7.57. The van der Waals surface area contributed by atoms with Gasteiger partial charge >= 0.3 is 0 Å². The summed E-state index contributed by atoms with van der Waals surface area (Å²) in [5.74, 6) is 0.727. The second-order valence-electron chi connectivity index (χ2n) is 9.24. The Morgan fingerprint density at radius 3 is 2.64 bits per heavy atom. The molecule has 1 N–H and O–H groups in total. The monoisotopic (exact) mass is 523 g/mol. The number of hydrogen-bond acceptors (Lipinski definition) is 7. The minimum atomic E-state index is -3.63. The molecule has 0 aliphatic carbocycles. The minimum Gasteiger partial charge on any atom is -0.496 e. The second kappa shape index (κ2) is 8.68. The molecule has 1 amide bonds. The number of piperidine rings is 1. The first kappa shape index (κ1) is 23.1. The number of nitrogens with one attached hydrogen (secondary N) is 1. The number of carbonyl (C=O) groups is 1. The molecule has 2 aliphatic heterocycles. The summed E-state index contributed by atoms with van der Waals surface area (Å²) in [6.45, 7) is 1.25. The first-order valence-electron chi connectivity index (χ1n) is 11.7. The van der Waals surface area contributed by atoms with Crippen LogP contribution >= 0.6 is 11.3 Å². The Morgan fingerprint density at radius 2 is 1.89 bits per heavy atom. The van der Waals surface area contributed by atoms with Gasteiger partial charge in [0.25, 0.3) is 0 Å². The van der Waals surface area contributed by atoms with Crippen molar-refractivity contribution in [3.63, 3.8) is 0 Å². The van der Waals surface area contributed by atoms with Crippen LogP contribution in [0.5, 0.6) is 5.75 Å². The van der Waals surface area contributed by atoms with Gasteiger partial charge in [0, 0.05) is 48.7 Å². The number of methoxy groups -OCH3 is 1. The fourth-order valence-electron chi connectivity index (χ4n) is 5.31. The highest BCUT2D eigenvalue weighted by Crippen LogP contribution is 2.45. The van der Waals surface area contributed by atoms with E-state index >= 15 is 0 Å². The zero-order chi connectivity index (χ0) is 24.9. The molecule has 11 heteroatoms. The van der Waals surface area contributed by atoms with Crippen LogP contribution in [0.1, 0.15) is 19.3 Å². The highest BCUT2D eigenvalue weighted by atomic mass is 32.2. The highest BCUT2D eigenvalue weighted by Gasteiger charge is 2.50. The van der Waals surface area contributed by atoms with Crippen molar-refractivity contribution < 1.29 is 17.9 Å². The van der Waals surface area contributed by atoms with Gasteiger partial charge in [-0.05, 0) is 49.6 Å². The van der Waals surface area contributed by atoms with Gasteiger partial charge in [-0.2, -0.15) is 9.40 Å². The van der Waals surface area contributed by atoms with Crippen molar-refractivity contribution >= 4 is 43.2 Å². The number of ether oxygens (including phenoxy) is 1. The van der Waals surface area contributed by atoms with E-state index in [-0.39, 0.29) is 10.8 Å². The zero-order valence-electron chi connectivity index (χ0n) is 19.7. The predicted octanol–water partition coefficient (Wildman–Crippen LogP) is 3.90. The maximum atomic E-state index is 13.6. The number of anilines is 1. The second-order valence-corrected chi connectivity index (χ2v) is 12.1. The van der Waals surface area contributed by atoms with Gasteiger partial charge in [0.05, 0.1) is 39.3 Å². The molecule has 2 aromatic carbocycles. The Balaban J connectivity index is 1.19. The number of aromatic amines is 1. The number of sulfonamides is 1. The van der Waals surface area contributed by atoms with Crippen molar-refractivity contribution in [2.24, 2.45) is 5.41 Å². The Morgan fingerprint density at radius 1 is 1.08 bits per heavy atom. The van der Waals surface area contributed by atoms with Gasteiger partial charge < -0.3 is 9.64 Å². The number of amides is 1. The molecule has 36 heavy (non-hydrogen) atoms. The lowest BCUT2D eigenvalue weighted by atomic mass is 9.77. The Hall–Kier alpha value is -3.28. The van der Waals surface area contributed by atoms with Gasteiger partial charge in [-0.3, -0.25) is 9.89 Å². The number of hydrogen-bond donors (Lipinski definition) is 1. The summed E-state index contributed by atoms with van der Waals surface area (Å²) in [6, 6.07) is 10.8. The lowest BCUT2D eigenvalue weighted by Crippen LogP contribution is -2.46. The SMILES string of the molecule is COc1cc(N2CCC3(CCN(S(=O)(=O)c4ccc5ncsc5c4)CC3)C2=O)ccc1-c1cn[nH]c1. The van der Waals surface area contributed by atoms with Crippen LogP contribution in [0.2, 0.25) is 0 Å². The van der Waals surface area contributed by atoms with Crippen molar-refractivity contribution in [1.29, 1.82) is 0 Å². The standard InChI is InChI=1S/C25H25N5O4S2/c1-34-22-12-18(2-4-20(22)17-14-27-28-15-17)30-11-8-25(24(30)31)6-9-29(10-7-25)36(32,33)19-3-5-21-23(13-19)35-16-26-21/h2-5,12-16H,6-11H2,1H3,(H,27,28). The summed E-state index contributed by atoms with van der Waals surface area (Å²) >= 11 is 1.42. The zero-order valence-corrected chi connectivity index (χ0v) is 21.3. The molecule has 1 spiro atoms. The van der Waals surface area contributed by atoms with Crippen molar-refractivity contribution in [3.05, 3.63) is 54.3 Å². The van der Waals surface area contributed by atoms with E-state index in [0.29, 0.717) is 44.6 Å². The predicted molar refractivity (Wildman–Crippen MR) is 138 cm³/mol. The van der Waals surface area contributed by atoms with Crippen LogP contribution in [0, 0.1) is 5.41 Å². The van der Waals surface area contributed by atoms with Crippen LogP contribution in [0.15, 0.2) is 59.2 Å². The van der Waals surface area contributed by atoms with E-state index in [1.165, 1.54) is 15.6 Å². The molecular weight excluding hydrogens is 498 g/mol. The molecule has 4 aromatic rings. The molecule has 0 unspecified atom stereocenters. The van der Waals surface area contributed by atoms with Crippen molar-refractivity contribution in [2.75, 3.05) is 31.6 Å². The minimum absolute atomic E-state index is 0.0590. The van der Waals surface area contributed by atoms with Gasteiger partial charge in [0.1, 0.15) is 5.75 Å². The van der Waals surface area contributed by atoms with E-state index in [2.05, 4.69) is 15.2 Å². The van der Waals surface area contributed by atoms with Gasteiger partial charge in [0.2, 0.25) is 15.9 Å². The molecule has 0 saturated carbocycles. The molecule has 2 aromatic heterocycles. The van der Waals surface area contributed by atoms with Crippen LogP contribution in [-0.2, 0) is 14.8 Å². The summed E-state index contributed by atoms with van der Waals surface area (Å²) in [5.41, 5.74) is 4.56. The Labute approximate surface area is 212 Å². The molecule has 9 nitrogen and oxygen atoms in total. The van der Waals surface area contributed by atoms with Crippen molar-refractivity contribution in [1.82, 2.24) is 19.5 Å². The topological polar surface area (TPSA) is 108 Å². The maximum absolute atomic E-state index is 13.6. The number of fused-ring (bicyclic) bond motifs is 1. The molecule has 2 aliphatic rings. The number of benzene rings is 2. The van der Waals surface area contributed by atoms with Crippen LogP contribution in [0.4, 0.5) is 5.69 Å². The van der Waals surface area contributed by atoms with E-state index in [9.17, 15) is 13.2 Å². The molecule has 186 valence electrons. The van der Waals surface area contributed by atoms with Crippen molar-refractivity contribution in [3.8, 4) is 16.9 Å². The molecule has 2 fully saturated rings. The molecule has 4 heterocycles. The summed E-state index contributed by atoms with van der Waals surface area (Å²) in [4.78, 5) is 19.9. The van der Waals surface area contributed by atoms with Crippen LogP contribution in [-0.4, -0.2) is 60.6 Å². The van der Waals surface area contributed by atoms with E-state index in [0.717, 1.165) is 27.0 Å². The third-order valence-electron chi connectivity index (χ3n) is 7.44. The summed E-state index contributed by atoms with van der Waals surface area (Å²) in [6.07, 6.45) is 5.25. The van der Waals surface area contributed by atoms with Crippen molar-refractivity contribution in [2.45, 2.75) is 24.2 Å². The lowest BCUT2D eigenvalue weighted by Gasteiger charge is -2.37. The summed E-state index contributed by atoms with van der Waals surface area (Å²) < 4.78 is 34.6. The third-order valence-corrected chi connectivity index (χ3v) is 10.1. The normalized spacial score (nSPS) is 18.4. The van der Waals surface area contributed by atoms with Gasteiger partial charge in [-0.25, -0.2) is 13.4 Å². The number of aromatic nitrogens is 3. The Kier molecular flexibility index (Phi) is 5.58. The van der Waals surface area contributed by atoms with E-state index in [1.54, 1.807) is 43.2 Å². The number of thiazole rings is 1. The quantitative estimate of drug-likeness (QED) is 0.425. The number of H-pyrrole nitrogens is 1. The van der Waals surface area contributed by atoms with E-state index < -0.39 is 15.4 Å². The maximum Gasteiger partial charge on any atom is 0.243 e. The van der Waals surface area contributed by atoms with Crippen LogP contribution in [0.3, 0.4) is 0 Å². The third kappa shape index (κ3) is 3.69. The number of nitrogens with zero attached hydrogens (tertiary/aromatic N) is 4. The fraction of sp³-hybridized carbons (Fsp3) is 0.320. The van der Waals surface area contributed by atoms with Crippen LogP contribution in [0.25, 0.3) is 21.3 Å². The average Bonchev–Trinajstić information content (AvgIpc) is 3.65. The molecule has 0 bridgehead atoms. The van der Waals surface area contributed by atoms with Gasteiger partial charge in [-0.1, -0.05) is 0 Å². The first-order chi connectivity index (χ1) is 17.4. The summed E-state index contributed by atoms with van der Waals surface area (Å²) in [7, 11) is -2.02. The highest BCUT2D eigenvalue weighted by molar-refractivity contribution is 7.89. The van der Waals surface area contributed by atoms with E-state index in [1.807, 2.05) is 23.1 Å². The van der Waals surface area contributed by atoms with Gasteiger partial charge in [-0.15, -0.1) is 11.3 Å². The Bertz CT molecular complexity index is 1540. The number of carbonyl (C=O) groups excluding carboxylic acids is 1. The largest absolute Gasteiger partial charge is 0.496 e. The molecule has 2 saturated heterocycles. The summed E-state index contributed by atoms with van der Waals surface area (Å²) in [5, 5.41) is 6.81. The molecule has 0 radical (unpaired) electrons. The molecular formula is C25H25N5O4S2. The average molecular weight is 524 g/mol. The smallest absolute Gasteiger partial charge is 0.243 e. The first-order valence-corrected chi connectivity index (χ1v) is 14.1. The molecule has 6 rings (SSSR count). The molecule has 0 atom stereocenters. The van der Waals surface area contributed by atoms with E-state index in [4.69, 9.17) is 4.74 Å².